The number of allylic oxidation sites excluding steroid dienone is 2. The maximum Gasteiger partial charge on any atom is 0.522 e. The molecule has 1 aliphatic rings. The number of hydrogen-bond donors (Lipinski definition) is 0. The van der Waals surface area contributed by atoms with E-state index in [-0.39, 0.29) is 12.8 Å². The first-order valence-electron chi connectivity index (χ1n) is 11.0. The number of rotatable bonds is 10. The number of aryl methyl sites for hydroxylation is 1. The maximum absolute atomic E-state index is 12.3. The minimum Gasteiger partial charge on any atom is -0.292 e. The smallest absolute Gasteiger partial charge is 0.292 e. The van der Waals surface area contributed by atoms with Crippen molar-refractivity contribution in [2.24, 2.45) is 0 Å². The molecular formula is C25H26F6O2. The molecule has 8 heteroatoms. The van der Waals surface area contributed by atoms with Crippen molar-refractivity contribution in [1.29, 1.82) is 0 Å². The molecule has 180 valence electrons. The molecule has 0 spiro atoms. The third kappa shape index (κ3) is 7.61. The first-order valence-corrected chi connectivity index (χ1v) is 11.0. The molecule has 0 N–H and O–H groups in total. The van der Waals surface area contributed by atoms with Crippen LogP contribution in [0.5, 0.6) is 0 Å². The Hall–Kier alpha value is -2.32. The second kappa shape index (κ2) is 11.2. The quantitative estimate of drug-likeness (QED) is 0.258. The van der Waals surface area contributed by atoms with Gasteiger partial charge in [0.15, 0.2) is 0 Å². The van der Waals surface area contributed by atoms with Crippen molar-refractivity contribution >= 4 is 22.9 Å². The first-order chi connectivity index (χ1) is 15.7. The summed E-state index contributed by atoms with van der Waals surface area (Å²) in [5, 5.41) is 2.08. The molecule has 1 aliphatic carbocycles. The molecule has 0 amide bonds. The lowest BCUT2D eigenvalue weighted by molar-refractivity contribution is -0.325. The Morgan fingerprint density at radius 2 is 1.15 bits per heavy atom. The Morgan fingerprint density at radius 3 is 1.73 bits per heavy atom. The maximum atomic E-state index is 12.3. The van der Waals surface area contributed by atoms with E-state index >= 15 is 0 Å². The van der Waals surface area contributed by atoms with E-state index in [1.54, 1.807) is 0 Å². The topological polar surface area (TPSA) is 18.5 Å². The van der Waals surface area contributed by atoms with E-state index in [1.807, 2.05) is 36.4 Å². The van der Waals surface area contributed by atoms with Crippen LogP contribution in [0.2, 0.25) is 0 Å². The number of halogens is 6. The molecular weight excluding hydrogens is 446 g/mol. The zero-order valence-electron chi connectivity index (χ0n) is 18.1. The fourth-order valence-electron chi connectivity index (χ4n) is 4.19. The van der Waals surface area contributed by atoms with Gasteiger partial charge in [-0.15, -0.1) is 26.3 Å². The Bertz CT molecular complexity index is 989. The summed E-state index contributed by atoms with van der Waals surface area (Å²) in [5.74, 6) is 0. The standard InChI is InChI=1S/C25H26F6O2/c26-24(27,28)32-16-8-6-14-22-19-11-3-1-2-10-18(19)20-12-4-5-13-21(20)23(22)15-7-9-17-33-25(29,30)31/h2-5,10-13H,1,6-9,14-17H2. The van der Waals surface area contributed by atoms with Crippen molar-refractivity contribution in [3.05, 3.63) is 58.7 Å². The van der Waals surface area contributed by atoms with Crippen LogP contribution in [-0.4, -0.2) is 25.9 Å². The highest BCUT2D eigenvalue weighted by Gasteiger charge is 2.29. The first kappa shape index (κ1) is 25.3. The zero-order valence-corrected chi connectivity index (χ0v) is 18.1. The fraction of sp³-hybridized carbons (Fsp3) is 0.440. The Kier molecular flexibility index (Phi) is 8.59. The Balaban J connectivity index is 1.86. The SMILES string of the molecule is FC(F)(F)OCCCCc1c2c(c3ccccc3c1CCCCOC(F)(F)F)C=CCC=C2. The van der Waals surface area contributed by atoms with Crippen LogP contribution >= 0.6 is 0 Å². The number of ether oxygens (including phenoxy) is 2. The highest BCUT2D eigenvalue weighted by atomic mass is 19.4. The molecule has 0 saturated heterocycles. The van der Waals surface area contributed by atoms with Gasteiger partial charge in [-0.25, -0.2) is 0 Å². The van der Waals surface area contributed by atoms with Gasteiger partial charge in [-0.3, -0.25) is 9.47 Å². The third-order valence-corrected chi connectivity index (χ3v) is 5.54. The fourth-order valence-corrected chi connectivity index (χ4v) is 4.19. The Labute approximate surface area is 188 Å². The summed E-state index contributed by atoms with van der Waals surface area (Å²) in [4.78, 5) is 0. The van der Waals surface area contributed by atoms with Crippen molar-refractivity contribution in [3.8, 4) is 0 Å². The van der Waals surface area contributed by atoms with Gasteiger partial charge in [0.05, 0.1) is 13.2 Å². The largest absolute Gasteiger partial charge is 0.522 e. The number of benzene rings is 2. The van der Waals surface area contributed by atoms with E-state index in [1.165, 1.54) is 0 Å². The number of fused-ring (bicyclic) bond motifs is 3. The Morgan fingerprint density at radius 1 is 0.636 bits per heavy atom. The average molecular weight is 472 g/mol. The molecule has 0 saturated carbocycles. The van der Waals surface area contributed by atoms with Crippen LogP contribution in [0.25, 0.3) is 22.9 Å². The van der Waals surface area contributed by atoms with Gasteiger partial charge < -0.3 is 0 Å². The van der Waals surface area contributed by atoms with Crippen LogP contribution in [0.4, 0.5) is 26.3 Å². The van der Waals surface area contributed by atoms with Crippen LogP contribution in [0.1, 0.15) is 54.4 Å². The van der Waals surface area contributed by atoms with E-state index in [0.29, 0.717) is 25.7 Å². The van der Waals surface area contributed by atoms with Crippen molar-refractivity contribution < 1.29 is 35.8 Å². The van der Waals surface area contributed by atoms with Gasteiger partial charge in [0.1, 0.15) is 0 Å². The highest BCUT2D eigenvalue weighted by molar-refractivity contribution is 5.98. The van der Waals surface area contributed by atoms with Crippen LogP contribution < -0.4 is 0 Å². The van der Waals surface area contributed by atoms with Gasteiger partial charge in [0, 0.05) is 0 Å². The molecule has 0 bridgehead atoms. The van der Waals surface area contributed by atoms with Crippen LogP contribution in [0, 0.1) is 0 Å². The molecule has 3 rings (SSSR count). The summed E-state index contributed by atoms with van der Waals surface area (Å²) >= 11 is 0. The lowest BCUT2D eigenvalue weighted by atomic mass is 9.85. The molecule has 0 atom stereocenters. The molecule has 0 radical (unpaired) electrons. The van der Waals surface area contributed by atoms with E-state index in [4.69, 9.17) is 0 Å². The van der Waals surface area contributed by atoms with Gasteiger partial charge >= 0.3 is 12.7 Å². The summed E-state index contributed by atoms with van der Waals surface area (Å²) in [6.45, 7) is -0.807. The summed E-state index contributed by atoms with van der Waals surface area (Å²) < 4.78 is 81.4. The van der Waals surface area contributed by atoms with Crippen LogP contribution in [0.15, 0.2) is 36.4 Å². The van der Waals surface area contributed by atoms with Crippen LogP contribution in [0.3, 0.4) is 0 Å². The number of unbranched alkanes of at least 4 members (excludes halogenated alkanes) is 2. The van der Waals surface area contributed by atoms with E-state index in [2.05, 4.69) is 21.6 Å². The van der Waals surface area contributed by atoms with Crippen molar-refractivity contribution in [1.82, 2.24) is 0 Å². The van der Waals surface area contributed by atoms with Crippen molar-refractivity contribution in [2.45, 2.75) is 57.7 Å². The second-order valence-electron chi connectivity index (χ2n) is 7.87. The second-order valence-corrected chi connectivity index (χ2v) is 7.87. The molecule has 0 unspecified atom stereocenters. The van der Waals surface area contributed by atoms with E-state index in [0.717, 1.165) is 39.4 Å². The molecule has 2 aromatic rings. The molecule has 0 fully saturated rings. The van der Waals surface area contributed by atoms with E-state index < -0.39 is 25.9 Å². The zero-order chi connectivity index (χ0) is 23.9. The minimum absolute atomic E-state index is 0.250. The van der Waals surface area contributed by atoms with Crippen molar-refractivity contribution in [3.63, 3.8) is 0 Å². The predicted octanol–water partition coefficient (Wildman–Crippen LogP) is 7.99. The van der Waals surface area contributed by atoms with Gasteiger partial charge in [-0.2, -0.15) is 0 Å². The number of hydrogen-bond acceptors (Lipinski definition) is 2. The predicted molar refractivity (Wildman–Crippen MR) is 117 cm³/mol. The average Bonchev–Trinajstić information content (AvgIpc) is 2.99. The summed E-state index contributed by atoms with van der Waals surface area (Å²) in [6.07, 6.45) is 2.31. The summed E-state index contributed by atoms with van der Waals surface area (Å²) in [7, 11) is 0. The molecule has 33 heavy (non-hydrogen) atoms. The lowest BCUT2D eigenvalue weighted by Gasteiger charge is -2.20. The monoisotopic (exact) mass is 472 g/mol. The molecule has 0 aliphatic heterocycles. The van der Waals surface area contributed by atoms with E-state index in [9.17, 15) is 26.3 Å². The van der Waals surface area contributed by atoms with Gasteiger partial charge in [0.2, 0.25) is 0 Å². The lowest BCUT2D eigenvalue weighted by Crippen LogP contribution is -2.14. The highest BCUT2D eigenvalue weighted by Crippen LogP contribution is 2.36. The number of alkyl halides is 6. The third-order valence-electron chi connectivity index (χ3n) is 5.54. The summed E-state index contributed by atoms with van der Waals surface area (Å²) in [6, 6.07) is 7.88. The molecule has 2 nitrogen and oxygen atoms in total. The van der Waals surface area contributed by atoms with Crippen LogP contribution in [-0.2, 0) is 22.3 Å². The van der Waals surface area contributed by atoms with Gasteiger partial charge in [0.25, 0.3) is 0 Å². The minimum atomic E-state index is -4.64. The summed E-state index contributed by atoms with van der Waals surface area (Å²) in [5.41, 5.74) is 4.16. The molecule has 2 aromatic carbocycles. The van der Waals surface area contributed by atoms with Crippen molar-refractivity contribution in [2.75, 3.05) is 13.2 Å². The van der Waals surface area contributed by atoms with Gasteiger partial charge in [-0.1, -0.05) is 48.6 Å². The normalized spacial score (nSPS) is 14.0. The van der Waals surface area contributed by atoms with Gasteiger partial charge in [-0.05, 0) is 78.0 Å². The molecule has 0 aromatic heterocycles. The molecule has 0 heterocycles.